The lowest BCUT2D eigenvalue weighted by atomic mass is 10.0. The second-order valence-electron chi connectivity index (χ2n) is 4.51. The SMILES string of the molecule is Cc1ccc(-c2csc3ncc(CN)n23)c(C)c1. The number of thiazole rings is 1. The van der Waals surface area contributed by atoms with E-state index in [-0.39, 0.29) is 0 Å². The fourth-order valence-electron chi connectivity index (χ4n) is 2.30. The fourth-order valence-corrected chi connectivity index (χ4v) is 3.18. The molecule has 3 aromatic rings. The van der Waals surface area contributed by atoms with Crippen molar-refractivity contribution in [2.45, 2.75) is 20.4 Å². The van der Waals surface area contributed by atoms with Gasteiger partial charge in [0.05, 0.1) is 17.6 Å². The van der Waals surface area contributed by atoms with Crippen LogP contribution in [0.4, 0.5) is 0 Å². The molecule has 0 bridgehead atoms. The molecule has 0 aliphatic heterocycles. The highest BCUT2D eigenvalue weighted by Crippen LogP contribution is 2.29. The number of aryl methyl sites for hydroxylation is 2. The Labute approximate surface area is 110 Å². The van der Waals surface area contributed by atoms with E-state index < -0.39 is 0 Å². The third-order valence-electron chi connectivity index (χ3n) is 3.19. The number of aromatic nitrogens is 2. The van der Waals surface area contributed by atoms with Crippen LogP contribution in [0.5, 0.6) is 0 Å². The Hall–Kier alpha value is -1.65. The Kier molecular flexibility index (Phi) is 2.69. The zero-order valence-corrected chi connectivity index (χ0v) is 11.3. The molecule has 3 nitrogen and oxygen atoms in total. The average Bonchev–Trinajstić information content (AvgIpc) is 2.90. The van der Waals surface area contributed by atoms with Crippen molar-refractivity contribution in [3.8, 4) is 11.3 Å². The molecule has 2 heterocycles. The second kappa shape index (κ2) is 4.23. The van der Waals surface area contributed by atoms with Gasteiger partial charge in [-0.3, -0.25) is 4.40 Å². The summed E-state index contributed by atoms with van der Waals surface area (Å²) in [6.07, 6.45) is 1.86. The van der Waals surface area contributed by atoms with Crippen LogP contribution in [0.25, 0.3) is 16.2 Å². The molecule has 4 heteroatoms. The summed E-state index contributed by atoms with van der Waals surface area (Å²) in [5.74, 6) is 0. The number of rotatable bonds is 2. The average molecular weight is 257 g/mol. The molecule has 2 N–H and O–H groups in total. The summed E-state index contributed by atoms with van der Waals surface area (Å²) >= 11 is 1.65. The molecule has 0 atom stereocenters. The normalized spacial score (nSPS) is 11.3. The van der Waals surface area contributed by atoms with Crippen molar-refractivity contribution in [3.63, 3.8) is 0 Å². The Morgan fingerprint density at radius 2 is 2.17 bits per heavy atom. The first-order valence-electron chi connectivity index (χ1n) is 5.92. The maximum absolute atomic E-state index is 5.77. The number of hydrogen-bond donors (Lipinski definition) is 1. The molecule has 92 valence electrons. The lowest BCUT2D eigenvalue weighted by Gasteiger charge is -2.07. The van der Waals surface area contributed by atoms with Gasteiger partial charge in [0.25, 0.3) is 0 Å². The molecule has 1 aromatic carbocycles. The topological polar surface area (TPSA) is 43.3 Å². The van der Waals surface area contributed by atoms with E-state index in [2.05, 4.69) is 46.8 Å². The minimum atomic E-state index is 0.510. The predicted octanol–water partition coefficient (Wildman–Crippen LogP) is 3.14. The molecule has 3 rings (SSSR count). The molecule has 2 aromatic heterocycles. The molecule has 0 radical (unpaired) electrons. The third-order valence-corrected chi connectivity index (χ3v) is 4.03. The van der Waals surface area contributed by atoms with Gasteiger partial charge in [-0.05, 0) is 19.4 Å². The van der Waals surface area contributed by atoms with E-state index in [1.165, 1.54) is 22.4 Å². The third kappa shape index (κ3) is 1.65. The molecule has 0 aliphatic rings. The number of nitrogens with zero attached hydrogens (tertiary/aromatic N) is 2. The van der Waals surface area contributed by atoms with Crippen LogP contribution in [-0.2, 0) is 6.54 Å². The first-order chi connectivity index (χ1) is 8.70. The van der Waals surface area contributed by atoms with Crippen LogP contribution in [0.3, 0.4) is 0 Å². The van der Waals surface area contributed by atoms with Gasteiger partial charge < -0.3 is 5.73 Å². The fraction of sp³-hybridized carbons (Fsp3) is 0.214. The maximum Gasteiger partial charge on any atom is 0.194 e. The lowest BCUT2D eigenvalue weighted by molar-refractivity contribution is 0.970. The molecule has 0 saturated heterocycles. The van der Waals surface area contributed by atoms with Gasteiger partial charge in [0.2, 0.25) is 0 Å². The number of nitrogens with two attached hydrogens (primary N) is 1. The second-order valence-corrected chi connectivity index (χ2v) is 5.35. The first kappa shape index (κ1) is 11.4. The van der Waals surface area contributed by atoms with Gasteiger partial charge in [-0.15, -0.1) is 11.3 Å². The number of fused-ring (bicyclic) bond motifs is 1. The van der Waals surface area contributed by atoms with E-state index >= 15 is 0 Å². The van der Waals surface area contributed by atoms with Crippen molar-refractivity contribution >= 4 is 16.3 Å². The van der Waals surface area contributed by atoms with E-state index in [1.54, 1.807) is 11.3 Å². The summed E-state index contributed by atoms with van der Waals surface area (Å²) in [6, 6.07) is 6.52. The van der Waals surface area contributed by atoms with Gasteiger partial charge in [-0.2, -0.15) is 0 Å². The Balaban J connectivity index is 2.27. The van der Waals surface area contributed by atoms with Gasteiger partial charge in [0.15, 0.2) is 4.96 Å². The van der Waals surface area contributed by atoms with E-state index in [4.69, 9.17) is 5.73 Å². The van der Waals surface area contributed by atoms with Crippen LogP contribution in [-0.4, -0.2) is 9.38 Å². The van der Waals surface area contributed by atoms with Gasteiger partial charge in [0, 0.05) is 17.5 Å². The van der Waals surface area contributed by atoms with E-state index in [9.17, 15) is 0 Å². The Morgan fingerprint density at radius 3 is 2.89 bits per heavy atom. The molecule has 0 amide bonds. The van der Waals surface area contributed by atoms with Gasteiger partial charge in [-0.25, -0.2) is 4.98 Å². The van der Waals surface area contributed by atoms with Crippen molar-refractivity contribution in [3.05, 3.63) is 46.6 Å². The van der Waals surface area contributed by atoms with Crippen LogP contribution in [0.15, 0.2) is 29.8 Å². The van der Waals surface area contributed by atoms with Crippen LogP contribution in [0, 0.1) is 13.8 Å². The smallest absolute Gasteiger partial charge is 0.194 e. The molecule has 18 heavy (non-hydrogen) atoms. The van der Waals surface area contributed by atoms with E-state index in [1.807, 2.05) is 6.20 Å². The van der Waals surface area contributed by atoms with Gasteiger partial charge in [-0.1, -0.05) is 23.8 Å². The monoisotopic (exact) mass is 257 g/mol. The predicted molar refractivity (Wildman–Crippen MR) is 75.9 cm³/mol. The zero-order valence-electron chi connectivity index (χ0n) is 10.5. The lowest BCUT2D eigenvalue weighted by Crippen LogP contribution is -2.01. The minimum Gasteiger partial charge on any atom is -0.325 e. The van der Waals surface area contributed by atoms with Crippen molar-refractivity contribution in [1.82, 2.24) is 9.38 Å². The van der Waals surface area contributed by atoms with Crippen molar-refractivity contribution < 1.29 is 0 Å². The summed E-state index contributed by atoms with van der Waals surface area (Å²) < 4.78 is 2.16. The van der Waals surface area contributed by atoms with Gasteiger partial charge in [0.1, 0.15) is 0 Å². The summed E-state index contributed by atoms with van der Waals surface area (Å²) in [4.78, 5) is 5.39. The van der Waals surface area contributed by atoms with Crippen molar-refractivity contribution in [1.29, 1.82) is 0 Å². The van der Waals surface area contributed by atoms with Crippen molar-refractivity contribution in [2.75, 3.05) is 0 Å². The number of hydrogen-bond acceptors (Lipinski definition) is 3. The molecule has 0 spiro atoms. The van der Waals surface area contributed by atoms with Crippen molar-refractivity contribution in [2.24, 2.45) is 5.73 Å². The quantitative estimate of drug-likeness (QED) is 0.766. The van der Waals surface area contributed by atoms with Crippen LogP contribution < -0.4 is 5.73 Å². The zero-order chi connectivity index (χ0) is 12.7. The van der Waals surface area contributed by atoms with Crippen LogP contribution >= 0.6 is 11.3 Å². The maximum atomic E-state index is 5.77. The Bertz CT molecular complexity index is 709. The summed E-state index contributed by atoms with van der Waals surface area (Å²) in [6.45, 7) is 4.77. The minimum absolute atomic E-state index is 0.510. The first-order valence-corrected chi connectivity index (χ1v) is 6.80. The molecular weight excluding hydrogens is 242 g/mol. The van der Waals surface area contributed by atoms with Crippen LogP contribution in [0.1, 0.15) is 16.8 Å². The highest BCUT2D eigenvalue weighted by molar-refractivity contribution is 7.15. The molecule has 0 saturated carbocycles. The highest BCUT2D eigenvalue weighted by atomic mass is 32.1. The van der Waals surface area contributed by atoms with E-state index in [0.29, 0.717) is 6.54 Å². The largest absolute Gasteiger partial charge is 0.325 e. The summed E-state index contributed by atoms with van der Waals surface area (Å²) in [5, 5.41) is 2.15. The molecule has 0 unspecified atom stereocenters. The molecule has 0 fully saturated rings. The summed E-state index contributed by atoms with van der Waals surface area (Å²) in [7, 11) is 0. The highest BCUT2D eigenvalue weighted by Gasteiger charge is 2.12. The molecular formula is C14H15N3S. The summed E-state index contributed by atoms with van der Waals surface area (Å²) in [5.41, 5.74) is 11.8. The Morgan fingerprint density at radius 1 is 1.33 bits per heavy atom. The standard InChI is InChI=1S/C14H15N3S/c1-9-3-4-12(10(2)5-9)13-8-18-14-16-7-11(6-15)17(13)14/h3-5,7-8H,6,15H2,1-2H3. The van der Waals surface area contributed by atoms with Crippen LogP contribution in [0.2, 0.25) is 0 Å². The van der Waals surface area contributed by atoms with Gasteiger partial charge >= 0.3 is 0 Å². The number of imidazole rings is 1. The van der Waals surface area contributed by atoms with E-state index in [0.717, 1.165) is 10.7 Å². The number of benzene rings is 1. The molecule has 0 aliphatic carbocycles.